The van der Waals surface area contributed by atoms with Gasteiger partial charge < -0.3 is 48.3 Å². The van der Waals surface area contributed by atoms with Gasteiger partial charge in [0.05, 0.1) is 33.7 Å². The predicted molar refractivity (Wildman–Crippen MR) is 158 cm³/mol. The number of carbonyl (C=O) groups is 2. The van der Waals surface area contributed by atoms with Crippen LogP contribution in [-0.4, -0.2) is 66.5 Å². The highest BCUT2D eigenvalue weighted by Gasteiger charge is 2.18. The number of halogens is 2. The molecule has 0 spiro atoms. The van der Waals surface area contributed by atoms with E-state index in [9.17, 15) is 9.59 Å². The Balaban J connectivity index is 0.00000588. The van der Waals surface area contributed by atoms with Crippen molar-refractivity contribution in [1.82, 2.24) is 20.6 Å². The second kappa shape index (κ2) is 16.8. The minimum atomic E-state index is -0.443. The second-order valence-electron chi connectivity index (χ2n) is 10.2. The van der Waals surface area contributed by atoms with Crippen LogP contribution in [0, 0.1) is 0 Å². The SMILES string of the molecule is C[N+](C)(CCCCNC(=O)CCc1ccc(OCc2ccccc2)cc1)CCNC(=O)c1nc(Cl)c(N)nc1N.[Br-]. The topological polar surface area (TPSA) is 145 Å². The fourth-order valence-electron chi connectivity index (χ4n) is 4.01. The fraction of sp³-hybridized carbons (Fsp3) is 0.379. The van der Waals surface area contributed by atoms with Crippen molar-refractivity contribution in [2.24, 2.45) is 0 Å². The highest BCUT2D eigenvalue weighted by molar-refractivity contribution is 6.31. The maximum atomic E-state index is 12.4. The maximum absolute atomic E-state index is 12.4. The Morgan fingerprint density at radius 1 is 0.878 bits per heavy atom. The molecule has 2 aromatic carbocycles. The highest BCUT2D eigenvalue weighted by Crippen LogP contribution is 2.17. The number of aryl methyl sites for hydroxylation is 1. The van der Waals surface area contributed by atoms with Crippen LogP contribution in [-0.2, 0) is 17.8 Å². The molecule has 3 aromatic rings. The van der Waals surface area contributed by atoms with Gasteiger partial charge in [0, 0.05) is 13.0 Å². The number of benzene rings is 2. The van der Waals surface area contributed by atoms with Crippen LogP contribution >= 0.6 is 11.6 Å². The van der Waals surface area contributed by atoms with E-state index in [4.69, 9.17) is 27.8 Å². The molecule has 0 aliphatic rings. The van der Waals surface area contributed by atoms with Crippen molar-refractivity contribution < 1.29 is 35.8 Å². The molecule has 1 heterocycles. The van der Waals surface area contributed by atoms with Gasteiger partial charge in [-0.3, -0.25) is 9.59 Å². The number of nitrogen functional groups attached to an aromatic ring is 2. The van der Waals surface area contributed by atoms with E-state index in [-0.39, 0.29) is 45.4 Å². The molecule has 10 nitrogen and oxygen atoms in total. The summed E-state index contributed by atoms with van der Waals surface area (Å²) < 4.78 is 6.53. The number of quaternary nitrogens is 1. The van der Waals surface area contributed by atoms with Crippen LogP contribution in [0.25, 0.3) is 0 Å². The zero-order valence-corrected chi connectivity index (χ0v) is 25.9. The van der Waals surface area contributed by atoms with Gasteiger partial charge in [0.25, 0.3) is 5.91 Å². The first-order valence-corrected chi connectivity index (χ1v) is 13.7. The quantitative estimate of drug-likeness (QED) is 0.136. The number of amides is 2. The average molecular weight is 649 g/mol. The normalized spacial score (nSPS) is 10.9. The monoisotopic (exact) mass is 647 g/mol. The molecule has 3 rings (SSSR count). The van der Waals surface area contributed by atoms with Gasteiger partial charge in [-0.2, -0.15) is 0 Å². The van der Waals surface area contributed by atoms with Gasteiger partial charge in [-0.05, 0) is 42.5 Å². The summed E-state index contributed by atoms with van der Waals surface area (Å²) in [4.78, 5) is 32.4. The van der Waals surface area contributed by atoms with E-state index in [1.54, 1.807) is 0 Å². The van der Waals surface area contributed by atoms with E-state index in [0.29, 0.717) is 43.6 Å². The highest BCUT2D eigenvalue weighted by atomic mass is 79.9. The number of nitrogens with zero attached hydrogens (tertiary/aromatic N) is 3. The first-order chi connectivity index (χ1) is 19.1. The van der Waals surface area contributed by atoms with E-state index < -0.39 is 5.91 Å². The number of unbranched alkanes of at least 4 members (excludes halogenated alkanes) is 1. The Bertz CT molecular complexity index is 1260. The molecular weight excluding hydrogens is 610 g/mol. The standard InChI is InChI=1S/C29H38ClN7O3.BrH/c1-37(2,19-17-34-29(39)25-27(31)36-28(32)26(30)35-25)18-7-6-16-33-24(38)15-12-21-10-13-23(14-11-21)40-20-22-8-4-3-5-9-22;/h3-5,8-11,13-14H,6-7,12,15-20H2,1-2H3,(H5-,31,32,33,34,36,38,39);1H. The first-order valence-electron chi connectivity index (χ1n) is 13.3. The number of aromatic nitrogens is 2. The number of likely N-dealkylation sites (N-methyl/N-ethyl adjacent to an activating group) is 1. The molecular formula is C29H39BrClN7O3. The van der Waals surface area contributed by atoms with E-state index >= 15 is 0 Å². The van der Waals surface area contributed by atoms with Gasteiger partial charge in [-0.15, -0.1) is 0 Å². The number of anilines is 2. The van der Waals surface area contributed by atoms with Gasteiger partial charge in [0.15, 0.2) is 22.5 Å². The van der Waals surface area contributed by atoms with Gasteiger partial charge in [-0.25, -0.2) is 9.97 Å². The van der Waals surface area contributed by atoms with Crippen LogP contribution in [0.15, 0.2) is 54.6 Å². The summed E-state index contributed by atoms with van der Waals surface area (Å²) in [6, 6.07) is 17.9. The van der Waals surface area contributed by atoms with Crippen LogP contribution in [0.1, 0.15) is 40.9 Å². The van der Waals surface area contributed by atoms with Gasteiger partial charge in [-0.1, -0.05) is 54.1 Å². The average Bonchev–Trinajstić information content (AvgIpc) is 2.93. The molecule has 2 amide bonds. The number of ether oxygens (including phenoxy) is 1. The molecule has 0 unspecified atom stereocenters. The van der Waals surface area contributed by atoms with Crippen molar-refractivity contribution in [2.45, 2.75) is 32.3 Å². The van der Waals surface area contributed by atoms with Gasteiger partial charge in [0.1, 0.15) is 12.4 Å². The summed E-state index contributed by atoms with van der Waals surface area (Å²) in [5.41, 5.74) is 13.5. The smallest absolute Gasteiger partial charge is 0.273 e. The minimum Gasteiger partial charge on any atom is -1.00 e. The number of hydrogen-bond donors (Lipinski definition) is 4. The molecule has 0 radical (unpaired) electrons. The molecule has 0 fully saturated rings. The molecule has 0 aliphatic heterocycles. The maximum Gasteiger partial charge on any atom is 0.273 e. The van der Waals surface area contributed by atoms with Crippen molar-refractivity contribution in [1.29, 1.82) is 0 Å². The lowest BCUT2D eigenvalue weighted by molar-refractivity contribution is -0.889. The Hall–Kier alpha value is -3.41. The molecule has 12 heteroatoms. The summed E-state index contributed by atoms with van der Waals surface area (Å²) >= 11 is 5.85. The molecule has 222 valence electrons. The van der Waals surface area contributed by atoms with Crippen molar-refractivity contribution in [3.05, 3.63) is 76.6 Å². The Kier molecular flexibility index (Phi) is 13.8. The van der Waals surface area contributed by atoms with E-state index in [2.05, 4.69) is 34.7 Å². The lowest BCUT2D eigenvalue weighted by Crippen LogP contribution is -3.00. The van der Waals surface area contributed by atoms with Crippen molar-refractivity contribution in [3.8, 4) is 5.75 Å². The fourth-order valence-corrected chi connectivity index (χ4v) is 4.14. The summed E-state index contributed by atoms with van der Waals surface area (Å²) in [6.07, 6.45) is 2.95. The zero-order chi connectivity index (χ0) is 29.0. The third-order valence-electron chi connectivity index (χ3n) is 6.45. The summed E-state index contributed by atoms with van der Waals surface area (Å²) in [7, 11) is 4.19. The predicted octanol–water partition coefficient (Wildman–Crippen LogP) is 0.213. The lowest BCUT2D eigenvalue weighted by Gasteiger charge is -2.30. The van der Waals surface area contributed by atoms with Gasteiger partial charge >= 0.3 is 0 Å². The van der Waals surface area contributed by atoms with Gasteiger partial charge in [0.2, 0.25) is 5.91 Å². The Labute approximate surface area is 257 Å². The van der Waals surface area contributed by atoms with Crippen molar-refractivity contribution in [3.63, 3.8) is 0 Å². The Morgan fingerprint density at radius 2 is 1.59 bits per heavy atom. The van der Waals surface area contributed by atoms with E-state index in [0.717, 1.165) is 36.3 Å². The third kappa shape index (κ3) is 11.9. The second-order valence-corrected chi connectivity index (χ2v) is 10.6. The molecule has 6 N–H and O–H groups in total. The lowest BCUT2D eigenvalue weighted by atomic mass is 10.1. The summed E-state index contributed by atoms with van der Waals surface area (Å²) in [5.74, 6) is 0.344. The third-order valence-corrected chi connectivity index (χ3v) is 6.73. The molecule has 0 saturated carbocycles. The van der Waals surface area contributed by atoms with E-state index in [1.165, 1.54) is 0 Å². The van der Waals surface area contributed by atoms with Crippen LogP contribution in [0.2, 0.25) is 5.15 Å². The van der Waals surface area contributed by atoms with Crippen LogP contribution in [0.4, 0.5) is 11.6 Å². The van der Waals surface area contributed by atoms with Crippen LogP contribution < -0.4 is 43.8 Å². The van der Waals surface area contributed by atoms with Crippen LogP contribution in [0.3, 0.4) is 0 Å². The summed E-state index contributed by atoms with van der Waals surface area (Å²) in [6.45, 7) is 3.22. The molecule has 1 aromatic heterocycles. The molecule has 41 heavy (non-hydrogen) atoms. The number of carbonyl (C=O) groups excluding carboxylic acids is 2. The van der Waals surface area contributed by atoms with E-state index in [1.807, 2.05) is 54.6 Å². The number of hydrogen-bond acceptors (Lipinski definition) is 7. The number of nitrogens with one attached hydrogen (secondary N) is 2. The summed E-state index contributed by atoms with van der Waals surface area (Å²) in [5, 5.41) is 5.75. The molecule has 0 bridgehead atoms. The number of nitrogens with two attached hydrogens (primary N) is 2. The largest absolute Gasteiger partial charge is 1.00 e. The van der Waals surface area contributed by atoms with Crippen molar-refractivity contribution >= 4 is 35.1 Å². The molecule has 0 atom stereocenters. The zero-order valence-electron chi connectivity index (χ0n) is 23.5. The first kappa shape index (κ1) is 33.8. The molecule has 0 aliphatic carbocycles. The minimum absolute atomic E-state index is 0. The Morgan fingerprint density at radius 3 is 2.29 bits per heavy atom. The molecule has 0 saturated heterocycles. The van der Waals surface area contributed by atoms with Crippen LogP contribution in [0.5, 0.6) is 5.75 Å². The number of rotatable bonds is 15. The van der Waals surface area contributed by atoms with Crippen molar-refractivity contribution in [2.75, 3.05) is 51.7 Å².